The summed E-state index contributed by atoms with van der Waals surface area (Å²) >= 11 is 12.0. The Labute approximate surface area is 114 Å². The van der Waals surface area contributed by atoms with Crippen molar-refractivity contribution < 1.29 is 4.74 Å². The smallest absolute Gasteiger partial charge is 0.123 e. The molecule has 1 rings (SSSR count). The largest absolute Gasteiger partial charge is 0.493 e. The van der Waals surface area contributed by atoms with Crippen LogP contribution in [-0.4, -0.2) is 12.5 Å². The molecule has 96 valence electrons. The molecule has 0 aromatic heterocycles. The second-order valence-corrected chi connectivity index (χ2v) is 5.15. The van der Waals surface area contributed by atoms with E-state index in [1.54, 1.807) is 0 Å². The summed E-state index contributed by atoms with van der Waals surface area (Å²) in [6.07, 6.45) is 1.94. The summed E-state index contributed by atoms with van der Waals surface area (Å²) in [6.45, 7) is 6.99. The van der Waals surface area contributed by atoms with Gasteiger partial charge in [-0.1, -0.05) is 25.4 Å². The first-order valence-corrected chi connectivity index (χ1v) is 7.00. The molecule has 0 saturated carbocycles. The number of rotatable bonds is 6. The monoisotopic (exact) mass is 274 g/mol. The van der Waals surface area contributed by atoms with Crippen molar-refractivity contribution in [3.05, 3.63) is 28.3 Å². The molecule has 1 atom stereocenters. The number of benzene rings is 1. The molecule has 1 nitrogen and oxygen atoms in total. The van der Waals surface area contributed by atoms with Crippen LogP contribution in [-0.2, 0) is 0 Å². The third-order valence-corrected chi connectivity index (χ3v) is 3.45. The van der Waals surface area contributed by atoms with E-state index in [9.17, 15) is 0 Å². The fraction of sp³-hybridized carbons (Fsp3) is 0.571. The molecule has 0 radical (unpaired) electrons. The minimum absolute atomic E-state index is 0.373. The van der Waals surface area contributed by atoms with Crippen LogP contribution in [0.2, 0.25) is 5.02 Å². The average Bonchev–Trinajstić information content (AvgIpc) is 2.30. The third-order valence-electron chi connectivity index (χ3n) is 2.83. The fourth-order valence-corrected chi connectivity index (χ4v) is 2.21. The van der Waals surface area contributed by atoms with Crippen LogP contribution in [0.3, 0.4) is 0 Å². The van der Waals surface area contributed by atoms with Crippen molar-refractivity contribution in [2.45, 2.75) is 39.5 Å². The fourth-order valence-electron chi connectivity index (χ4n) is 1.71. The minimum atomic E-state index is 0.373. The Kier molecular flexibility index (Phi) is 6.15. The minimum Gasteiger partial charge on any atom is -0.493 e. The molecular formula is C14H20Cl2O. The molecule has 1 aromatic rings. The Bertz CT molecular complexity index is 363. The first-order valence-electron chi connectivity index (χ1n) is 6.09. The van der Waals surface area contributed by atoms with Gasteiger partial charge >= 0.3 is 0 Å². The molecule has 0 amide bonds. The SMILES string of the molecule is CCCOc1cc(C)c(Cl)cc1C(C)CCCl. The molecule has 0 aliphatic carbocycles. The molecule has 0 aliphatic rings. The number of alkyl halides is 1. The van der Waals surface area contributed by atoms with Crippen molar-refractivity contribution in [3.63, 3.8) is 0 Å². The highest BCUT2D eigenvalue weighted by Crippen LogP contribution is 2.33. The molecule has 0 saturated heterocycles. The van der Waals surface area contributed by atoms with Crippen LogP contribution < -0.4 is 4.74 Å². The Morgan fingerprint density at radius 1 is 1.35 bits per heavy atom. The van der Waals surface area contributed by atoms with Gasteiger partial charge in [-0.2, -0.15) is 0 Å². The summed E-state index contributed by atoms with van der Waals surface area (Å²) in [5, 5.41) is 0.797. The first kappa shape index (κ1) is 14.7. The summed E-state index contributed by atoms with van der Waals surface area (Å²) < 4.78 is 5.79. The number of hydrogen-bond donors (Lipinski definition) is 0. The Morgan fingerprint density at radius 2 is 2.06 bits per heavy atom. The quantitative estimate of drug-likeness (QED) is 0.651. The van der Waals surface area contributed by atoms with Crippen LogP contribution in [0.4, 0.5) is 0 Å². The highest BCUT2D eigenvalue weighted by molar-refractivity contribution is 6.31. The molecule has 3 heteroatoms. The van der Waals surface area contributed by atoms with E-state index in [1.165, 1.54) is 0 Å². The van der Waals surface area contributed by atoms with Crippen molar-refractivity contribution >= 4 is 23.2 Å². The topological polar surface area (TPSA) is 9.23 Å². The second-order valence-electron chi connectivity index (χ2n) is 4.37. The molecule has 1 aromatic carbocycles. The van der Waals surface area contributed by atoms with Gasteiger partial charge in [0.05, 0.1) is 6.61 Å². The lowest BCUT2D eigenvalue weighted by Crippen LogP contribution is -2.03. The number of hydrogen-bond acceptors (Lipinski definition) is 1. The summed E-state index contributed by atoms with van der Waals surface area (Å²) in [5.74, 6) is 1.98. The number of halogens is 2. The van der Waals surface area contributed by atoms with Crippen LogP contribution >= 0.6 is 23.2 Å². The normalized spacial score (nSPS) is 12.5. The van der Waals surface area contributed by atoms with Crippen molar-refractivity contribution in [1.29, 1.82) is 0 Å². The highest BCUT2D eigenvalue weighted by atomic mass is 35.5. The Balaban J connectivity index is 3.02. The van der Waals surface area contributed by atoms with Gasteiger partial charge < -0.3 is 4.74 Å². The lowest BCUT2D eigenvalue weighted by atomic mass is 9.96. The van der Waals surface area contributed by atoms with E-state index in [-0.39, 0.29) is 0 Å². The van der Waals surface area contributed by atoms with E-state index >= 15 is 0 Å². The van der Waals surface area contributed by atoms with Gasteiger partial charge in [0.15, 0.2) is 0 Å². The maximum absolute atomic E-state index is 6.18. The molecular weight excluding hydrogens is 255 g/mol. The zero-order valence-electron chi connectivity index (χ0n) is 10.7. The van der Waals surface area contributed by atoms with Crippen LogP contribution in [0.1, 0.15) is 43.7 Å². The van der Waals surface area contributed by atoms with Crippen LogP contribution in [0.15, 0.2) is 12.1 Å². The Morgan fingerprint density at radius 3 is 2.65 bits per heavy atom. The predicted octanol–water partition coefficient (Wildman–Crippen LogP) is 5.17. The standard InChI is InChI=1S/C14H20Cl2O/c1-4-7-17-14-8-11(3)13(16)9-12(14)10(2)5-6-15/h8-10H,4-7H2,1-3H3. The zero-order chi connectivity index (χ0) is 12.8. The molecule has 0 heterocycles. The van der Waals surface area contributed by atoms with Gasteiger partial charge in [0.25, 0.3) is 0 Å². The molecule has 0 N–H and O–H groups in total. The predicted molar refractivity (Wildman–Crippen MR) is 75.7 cm³/mol. The number of ether oxygens (including phenoxy) is 1. The molecule has 17 heavy (non-hydrogen) atoms. The van der Waals surface area contributed by atoms with Gasteiger partial charge in [-0.3, -0.25) is 0 Å². The van der Waals surface area contributed by atoms with Crippen molar-refractivity contribution in [3.8, 4) is 5.75 Å². The van der Waals surface area contributed by atoms with Crippen LogP contribution in [0, 0.1) is 6.92 Å². The van der Waals surface area contributed by atoms with Crippen molar-refractivity contribution in [1.82, 2.24) is 0 Å². The van der Waals surface area contributed by atoms with Crippen LogP contribution in [0.5, 0.6) is 5.75 Å². The van der Waals surface area contributed by atoms with Gasteiger partial charge in [-0.15, -0.1) is 11.6 Å². The van der Waals surface area contributed by atoms with Crippen molar-refractivity contribution in [2.75, 3.05) is 12.5 Å². The summed E-state index contributed by atoms with van der Waals surface area (Å²) in [5.41, 5.74) is 2.22. The summed E-state index contributed by atoms with van der Waals surface area (Å²) in [6, 6.07) is 4.04. The highest BCUT2D eigenvalue weighted by Gasteiger charge is 2.13. The van der Waals surface area contributed by atoms with E-state index in [4.69, 9.17) is 27.9 Å². The molecule has 0 aliphatic heterocycles. The molecule has 1 unspecified atom stereocenters. The lowest BCUT2D eigenvalue weighted by Gasteiger charge is -2.17. The van der Waals surface area contributed by atoms with E-state index in [2.05, 4.69) is 13.8 Å². The third kappa shape index (κ3) is 4.08. The number of aryl methyl sites for hydroxylation is 1. The zero-order valence-corrected chi connectivity index (χ0v) is 12.2. The van der Waals surface area contributed by atoms with Gasteiger partial charge in [-0.25, -0.2) is 0 Å². The molecule has 0 fully saturated rings. The maximum atomic E-state index is 6.18. The Hall–Kier alpha value is -0.400. The first-order chi connectivity index (χ1) is 8.10. The van der Waals surface area contributed by atoms with Gasteiger partial charge in [0.1, 0.15) is 5.75 Å². The van der Waals surface area contributed by atoms with Crippen LogP contribution in [0.25, 0.3) is 0 Å². The summed E-state index contributed by atoms with van der Waals surface area (Å²) in [4.78, 5) is 0. The van der Waals surface area contributed by atoms with E-state index < -0.39 is 0 Å². The van der Waals surface area contributed by atoms with E-state index in [0.29, 0.717) is 11.8 Å². The average molecular weight is 275 g/mol. The maximum Gasteiger partial charge on any atom is 0.123 e. The van der Waals surface area contributed by atoms with Gasteiger partial charge in [0.2, 0.25) is 0 Å². The van der Waals surface area contributed by atoms with E-state index in [0.717, 1.165) is 41.3 Å². The molecule has 0 spiro atoms. The van der Waals surface area contributed by atoms with Gasteiger partial charge in [-0.05, 0) is 48.9 Å². The summed E-state index contributed by atoms with van der Waals surface area (Å²) in [7, 11) is 0. The van der Waals surface area contributed by atoms with Gasteiger partial charge in [0, 0.05) is 10.9 Å². The lowest BCUT2D eigenvalue weighted by molar-refractivity contribution is 0.312. The second kappa shape index (κ2) is 7.13. The van der Waals surface area contributed by atoms with E-state index in [1.807, 2.05) is 19.1 Å². The van der Waals surface area contributed by atoms with Crippen molar-refractivity contribution in [2.24, 2.45) is 0 Å². The molecule has 0 bridgehead atoms.